The Balaban J connectivity index is 1.17. The Morgan fingerprint density at radius 1 is 1.23 bits per heavy atom. The predicted octanol–water partition coefficient (Wildman–Crippen LogP) is 6.04. The summed E-state index contributed by atoms with van der Waals surface area (Å²) in [7, 11) is 0. The average molecular weight is 574 g/mol. The standard InChI is InChI=1S/C30H34ClF2N3O4/c1-3-39-27-19(12-22(18-4-5-18)25(26(27)31)21-7-6-20(32)13-23(21)33)15-35-16-30(17-35)14-24(34-40-30)36-10-8-29(2,9-11-36)28(37)38/h6-7,12-13,18H,3-5,8-11,14-17H2,1-2H3,(H,37,38). The van der Waals surface area contributed by atoms with E-state index in [0.29, 0.717) is 74.9 Å². The van der Waals surface area contributed by atoms with Gasteiger partial charge in [-0.3, -0.25) is 9.69 Å². The molecule has 10 heteroatoms. The van der Waals surface area contributed by atoms with Crippen LogP contribution >= 0.6 is 11.6 Å². The predicted molar refractivity (Wildman–Crippen MR) is 148 cm³/mol. The van der Waals surface area contributed by atoms with Gasteiger partial charge in [0.25, 0.3) is 0 Å². The van der Waals surface area contributed by atoms with Gasteiger partial charge in [-0.25, -0.2) is 8.78 Å². The highest BCUT2D eigenvalue weighted by Gasteiger charge is 2.51. The summed E-state index contributed by atoms with van der Waals surface area (Å²) in [6, 6.07) is 5.68. The SMILES string of the molecule is CCOc1c(CN2CC3(CC(N4CCC(C)(C(=O)O)CC4)=NO3)C2)cc(C2CC2)c(-c2ccc(F)cc2F)c1Cl. The Morgan fingerprint density at radius 2 is 1.95 bits per heavy atom. The maximum Gasteiger partial charge on any atom is 0.309 e. The molecule has 2 aromatic carbocycles. The average Bonchev–Trinajstić information content (AvgIpc) is 3.65. The third-order valence-corrected chi connectivity index (χ3v) is 9.19. The van der Waals surface area contributed by atoms with Crippen LogP contribution in [0.4, 0.5) is 8.78 Å². The quantitative estimate of drug-likeness (QED) is 0.435. The van der Waals surface area contributed by atoms with E-state index < -0.39 is 23.0 Å². The maximum atomic E-state index is 14.9. The van der Waals surface area contributed by atoms with Crippen molar-refractivity contribution in [2.24, 2.45) is 10.6 Å². The number of halogens is 3. The van der Waals surface area contributed by atoms with Crippen molar-refractivity contribution in [1.82, 2.24) is 9.80 Å². The number of amidine groups is 1. The van der Waals surface area contributed by atoms with Crippen LogP contribution < -0.4 is 4.74 Å². The van der Waals surface area contributed by atoms with Gasteiger partial charge >= 0.3 is 5.97 Å². The van der Waals surface area contributed by atoms with Gasteiger partial charge in [0, 0.05) is 55.5 Å². The first kappa shape index (κ1) is 27.3. The van der Waals surface area contributed by atoms with Crippen LogP contribution in [0.2, 0.25) is 5.02 Å². The molecular weight excluding hydrogens is 540 g/mol. The Morgan fingerprint density at radius 3 is 2.58 bits per heavy atom. The van der Waals surface area contributed by atoms with Gasteiger partial charge < -0.3 is 19.6 Å². The third-order valence-electron chi connectivity index (χ3n) is 8.83. The van der Waals surface area contributed by atoms with E-state index in [-0.39, 0.29) is 17.1 Å². The first-order chi connectivity index (χ1) is 19.1. The second-order valence-electron chi connectivity index (χ2n) is 11.9. The zero-order valence-corrected chi connectivity index (χ0v) is 23.6. The number of aliphatic carboxylic acids is 1. The van der Waals surface area contributed by atoms with Gasteiger partial charge in [0.15, 0.2) is 5.60 Å². The molecule has 6 rings (SSSR count). The van der Waals surface area contributed by atoms with Crippen LogP contribution in [0.15, 0.2) is 29.4 Å². The van der Waals surface area contributed by atoms with Crippen LogP contribution in [0.1, 0.15) is 63.0 Å². The molecule has 1 spiro atoms. The Bertz CT molecular complexity index is 1370. The number of rotatable bonds is 7. The summed E-state index contributed by atoms with van der Waals surface area (Å²) in [6.07, 6.45) is 3.87. The van der Waals surface area contributed by atoms with Crippen molar-refractivity contribution in [2.45, 2.75) is 64.0 Å². The van der Waals surface area contributed by atoms with Gasteiger partial charge in [-0.05, 0) is 69.2 Å². The number of nitrogens with zero attached hydrogens (tertiary/aromatic N) is 3. The van der Waals surface area contributed by atoms with Crippen molar-refractivity contribution in [3.05, 3.63) is 52.0 Å². The molecule has 1 aliphatic carbocycles. The first-order valence-corrected chi connectivity index (χ1v) is 14.4. The minimum absolute atomic E-state index is 0.286. The topological polar surface area (TPSA) is 74.6 Å². The molecule has 0 aromatic heterocycles. The van der Waals surface area contributed by atoms with E-state index in [1.807, 2.05) is 13.8 Å². The van der Waals surface area contributed by atoms with Crippen molar-refractivity contribution in [2.75, 3.05) is 32.8 Å². The normalized spacial score (nSPS) is 21.6. The number of likely N-dealkylation sites (tertiary alicyclic amines) is 2. The van der Waals surface area contributed by atoms with E-state index in [1.165, 1.54) is 12.1 Å². The number of carboxylic acids is 1. The van der Waals surface area contributed by atoms with Gasteiger partial charge in [0.05, 0.1) is 23.5 Å². The lowest BCUT2D eigenvalue weighted by atomic mass is 9.80. The summed E-state index contributed by atoms with van der Waals surface area (Å²) in [5.41, 5.74) is 1.73. The molecule has 40 heavy (non-hydrogen) atoms. The highest BCUT2D eigenvalue weighted by atomic mass is 35.5. The lowest BCUT2D eigenvalue weighted by molar-refractivity contribution is -0.150. The van der Waals surface area contributed by atoms with Crippen molar-refractivity contribution >= 4 is 23.4 Å². The Kier molecular flexibility index (Phi) is 6.94. The molecule has 1 N–H and O–H groups in total. The van der Waals surface area contributed by atoms with Crippen LogP contribution in [-0.2, 0) is 16.2 Å². The summed E-state index contributed by atoms with van der Waals surface area (Å²) in [6.45, 7) is 7.40. The van der Waals surface area contributed by atoms with E-state index >= 15 is 0 Å². The minimum Gasteiger partial charge on any atom is -0.492 e. The minimum atomic E-state index is -0.741. The number of benzene rings is 2. The fraction of sp³-hybridized carbons (Fsp3) is 0.533. The summed E-state index contributed by atoms with van der Waals surface area (Å²) < 4.78 is 34.5. The van der Waals surface area contributed by atoms with E-state index in [4.69, 9.17) is 21.2 Å². The van der Waals surface area contributed by atoms with Gasteiger partial charge in [-0.1, -0.05) is 16.8 Å². The van der Waals surface area contributed by atoms with Crippen LogP contribution in [0.3, 0.4) is 0 Å². The van der Waals surface area contributed by atoms with Crippen LogP contribution in [0, 0.1) is 17.0 Å². The van der Waals surface area contributed by atoms with Crippen LogP contribution in [-0.4, -0.2) is 65.1 Å². The number of carbonyl (C=O) groups is 1. The van der Waals surface area contributed by atoms with Crippen LogP contribution in [0.25, 0.3) is 11.1 Å². The number of hydrogen-bond acceptors (Lipinski definition) is 6. The van der Waals surface area contributed by atoms with Crippen molar-refractivity contribution in [3.63, 3.8) is 0 Å². The zero-order chi connectivity index (χ0) is 28.2. The molecule has 3 aliphatic heterocycles. The fourth-order valence-electron chi connectivity index (χ4n) is 6.24. The lowest BCUT2D eigenvalue weighted by Gasteiger charge is -2.46. The van der Waals surface area contributed by atoms with Crippen molar-refractivity contribution in [3.8, 4) is 16.9 Å². The molecule has 0 bridgehead atoms. The molecule has 2 saturated heterocycles. The fourth-order valence-corrected chi connectivity index (χ4v) is 6.63. The second-order valence-corrected chi connectivity index (χ2v) is 12.3. The van der Waals surface area contributed by atoms with Crippen LogP contribution in [0.5, 0.6) is 5.75 Å². The number of hydrogen-bond donors (Lipinski definition) is 1. The molecule has 0 unspecified atom stereocenters. The summed E-state index contributed by atoms with van der Waals surface area (Å²) in [5, 5.41) is 14.3. The number of piperidine rings is 1. The molecule has 4 aliphatic rings. The van der Waals surface area contributed by atoms with E-state index in [9.17, 15) is 18.7 Å². The highest BCUT2D eigenvalue weighted by Crippen LogP contribution is 2.51. The maximum absolute atomic E-state index is 14.9. The molecular formula is C30H34ClF2N3O4. The summed E-state index contributed by atoms with van der Waals surface area (Å²) in [5.74, 6) is -0.289. The van der Waals surface area contributed by atoms with Crippen molar-refractivity contribution in [1.29, 1.82) is 0 Å². The second kappa shape index (κ2) is 10.2. The van der Waals surface area contributed by atoms with Gasteiger partial charge in [-0.2, -0.15) is 0 Å². The molecule has 0 radical (unpaired) electrons. The Hall–Kier alpha value is -2.91. The number of ether oxygens (including phenoxy) is 1. The molecule has 1 saturated carbocycles. The third kappa shape index (κ3) is 4.91. The Labute approximate surface area is 237 Å². The molecule has 0 amide bonds. The van der Waals surface area contributed by atoms with Gasteiger partial charge in [-0.15, -0.1) is 0 Å². The van der Waals surface area contributed by atoms with Gasteiger partial charge in [0.1, 0.15) is 23.2 Å². The molecule has 214 valence electrons. The van der Waals surface area contributed by atoms with E-state index in [0.717, 1.165) is 35.9 Å². The number of carboxylic acid groups (broad SMARTS) is 1. The first-order valence-electron chi connectivity index (χ1n) is 14.0. The molecule has 0 atom stereocenters. The molecule has 7 nitrogen and oxygen atoms in total. The van der Waals surface area contributed by atoms with E-state index in [1.54, 1.807) is 0 Å². The zero-order valence-electron chi connectivity index (χ0n) is 22.8. The van der Waals surface area contributed by atoms with E-state index in [2.05, 4.69) is 21.0 Å². The molecule has 2 aromatic rings. The summed E-state index contributed by atoms with van der Waals surface area (Å²) >= 11 is 6.94. The van der Waals surface area contributed by atoms with Gasteiger partial charge in [0.2, 0.25) is 0 Å². The lowest BCUT2D eigenvalue weighted by Crippen LogP contribution is -2.61. The monoisotopic (exact) mass is 573 g/mol. The highest BCUT2D eigenvalue weighted by molar-refractivity contribution is 6.35. The molecule has 3 fully saturated rings. The molecule has 3 heterocycles. The number of oxime groups is 1. The summed E-state index contributed by atoms with van der Waals surface area (Å²) in [4.78, 5) is 21.9. The van der Waals surface area contributed by atoms with Crippen molar-refractivity contribution < 1.29 is 28.3 Å². The largest absolute Gasteiger partial charge is 0.492 e. The smallest absolute Gasteiger partial charge is 0.309 e.